The van der Waals surface area contributed by atoms with Gasteiger partial charge in [0.25, 0.3) is 0 Å². The number of hydrogen-bond donors (Lipinski definition) is 1. The third kappa shape index (κ3) is 2.19. The molecule has 0 unspecified atom stereocenters. The van der Waals surface area contributed by atoms with Crippen LogP contribution in [-0.4, -0.2) is 12.2 Å². The van der Waals surface area contributed by atoms with Crippen molar-refractivity contribution in [1.29, 1.82) is 0 Å². The molecule has 0 atom stereocenters. The molecule has 0 aliphatic carbocycles. The number of aromatic hydroxyl groups is 1. The Morgan fingerprint density at radius 3 is 2.65 bits per heavy atom. The first-order valence-electron chi connectivity index (χ1n) is 4.95. The summed E-state index contributed by atoms with van der Waals surface area (Å²) in [6.07, 6.45) is 0. The van der Waals surface area contributed by atoms with Crippen molar-refractivity contribution in [2.45, 2.75) is 0 Å². The average molecular weight is 253 g/mol. The van der Waals surface area contributed by atoms with Crippen molar-refractivity contribution in [3.8, 4) is 22.6 Å². The fraction of sp³-hybridized carbons (Fsp3) is 0.0769. The molecule has 2 aromatic rings. The third-order valence-corrected chi connectivity index (χ3v) is 2.74. The highest BCUT2D eigenvalue weighted by Crippen LogP contribution is 2.33. The molecule has 17 heavy (non-hydrogen) atoms. The lowest BCUT2D eigenvalue weighted by Gasteiger charge is -2.08. The topological polar surface area (TPSA) is 29.5 Å². The van der Waals surface area contributed by atoms with E-state index in [1.54, 1.807) is 24.3 Å². The zero-order valence-corrected chi connectivity index (χ0v) is 9.83. The number of phenolic OH excluding ortho intramolecular Hbond substituents is 1. The normalized spacial score (nSPS) is 10.3. The Morgan fingerprint density at radius 1 is 1.24 bits per heavy atom. The van der Waals surface area contributed by atoms with Gasteiger partial charge in [-0.1, -0.05) is 29.8 Å². The lowest BCUT2D eigenvalue weighted by atomic mass is 10.0. The number of hydrogen-bond acceptors (Lipinski definition) is 2. The second-order valence-electron chi connectivity index (χ2n) is 3.49. The number of rotatable bonds is 2. The minimum absolute atomic E-state index is 0.0290. The van der Waals surface area contributed by atoms with Gasteiger partial charge in [0.1, 0.15) is 5.75 Å². The maximum atomic E-state index is 14.0. The van der Waals surface area contributed by atoms with Crippen LogP contribution in [0.4, 0.5) is 4.39 Å². The molecule has 2 aromatic carbocycles. The zero-order chi connectivity index (χ0) is 12.4. The predicted molar refractivity (Wildman–Crippen MR) is 65.1 cm³/mol. The largest absolute Gasteiger partial charge is 0.506 e. The molecule has 0 fully saturated rings. The van der Waals surface area contributed by atoms with E-state index >= 15 is 0 Å². The van der Waals surface area contributed by atoms with E-state index in [1.165, 1.54) is 19.2 Å². The van der Waals surface area contributed by atoms with Crippen molar-refractivity contribution >= 4 is 11.6 Å². The van der Waals surface area contributed by atoms with Gasteiger partial charge in [-0.2, -0.15) is 0 Å². The summed E-state index contributed by atoms with van der Waals surface area (Å²) in [6.45, 7) is 0. The number of methoxy groups -OCH3 is 1. The summed E-state index contributed by atoms with van der Waals surface area (Å²) in [6, 6.07) is 9.39. The van der Waals surface area contributed by atoms with Crippen molar-refractivity contribution in [1.82, 2.24) is 0 Å². The first-order valence-corrected chi connectivity index (χ1v) is 5.32. The van der Waals surface area contributed by atoms with Crippen LogP contribution in [0.2, 0.25) is 5.02 Å². The molecule has 0 aliphatic rings. The summed E-state index contributed by atoms with van der Waals surface area (Å²) in [5, 5.41) is 9.50. The molecule has 0 heterocycles. The van der Waals surface area contributed by atoms with Gasteiger partial charge in [-0.3, -0.25) is 0 Å². The third-order valence-electron chi connectivity index (χ3n) is 2.44. The Bertz CT molecular complexity index is 555. The number of ether oxygens (including phenoxy) is 1. The SMILES string of the molecule is COc1cccc(-c2ccc(O)c(Cl)c2)c1F. The van der Waals surface area contributed by atoms with Gasteiger partial charge in [-0.25, -0.2) is 4.39 Å². The molecule has 2 rings (SSSR count). The van der Waals surface area contributed by atoms with Crippen molar-refractivity contribution in [3.05, 3.63) is 47.2 Å². The highest BCUT2D eigenvalue weighted by molar-refractivity contribution is 6.32. The smallest absolute Gasteiger partial charge is 0.172 e. The second-order valence-corrected chi connectivity index (χ2v) is 3.90. The van der Waals surface area contributed by atoms with Crippen LogP contribution in [0.5, 0.6) is 11.5 Å². The van der Waals surface area contributed by atoms with E-state index in [0.29, 0.717) is 11.1 Å². The van der Waals surface area contributed by atoms with Crippen LogP contribution < -0.4 is 4.74 Å². The van der Waals surface area contributed by atoms with E-state index in [9.17, 15) is 9.50 Å². The molecule has 0 radical (unpaired) electrons. The molecule has 2 nitrogen and oxygen atoms in total. The van der Waals surface area contributed by atoms with Crippen LogP contribution in [0.1, 0.15) is 0 Å². The summed E-state index contributed by atoms with van der Waals surface area (Å²) < 4.78 is 18.9. The zero-order valence-electron chi connectivity index (χ0n) is 9.08. The van der Waals surface area contributed by atoms with Crippen molar-refractivity contribution in [2.24, 2.45) is 0 Å². The first kappa shape index (κ1) is 11.7. The molecular weight excluding hydrogens is 243 g/mol. The summed E-state index contributed by atoms with van der Waals surface area (Å²) in [5.41, 5.74) is 0.968. The summed E-state index contributed by atoms with van der Waals surface area (Å²) in [5.74, 6) is -0.304. The maximum absolute atomic E-state index is 14.0. The minimum atomic E-state index is -0.447. The first-order chi connectivity index (χ1) is 8.13. The molecule has 0 saturated carbocycles. The van der Waals surface area contributed by atoms with Gasteiger partial charge in [0.05, 0.1) is 12.1 Å². The Labute approximate surface area is 103 Å². The lowest BCUT2D eigenvalue weighted by Crippen LogP contribution is -1.91. The predicted octanol–water partition coefficient (Wildman–Crippen LogP) is 3.86. The molecule has 0 amide bonds. The minimum Gasteiger partial charge on any atom is -0.506 e. The lowest BCUT2D eigenvalue weighted by molar-refractivity contribution is 0.387. The van der Waals surface area contributed by atoms with E-state index in [0.717, 1.165) is 0 Å². The van der Waals surface area contributed by atoms with Gasteiger partial charge in [-0.05, 0) is 23.8 Å². The number of halogens is 2. The van der Waals surface area contributed by atoms with E-state index in [-0.39, 0.29) is 16.5 Å². The highest BCUT2D eigenvalue weighted by Gasteiger charge is 2.11. The van der Waals surface area contributed by atoms with Crippen LogP contribution in [0.25, 0.3) is 11.1 Å². The molecule has 0 aliphatic heterocycles. The summed E-state index contributed by atoms with van der Waals surface area (Å²) in [7, 11) is 1.41. The molecule has 0 spiro atoms. The second kappa shape index (κ2) is 4.63. The molecular formula is C13H10ClFO2. The molecule has 4 heteroatoms. The van der Waals surface area contributed by atoms with Crippen molar-refractivity contribution < 1.29 is 14.2 Å². The standard InChI is InChI=1S/C13H10ClFO2/c1-17-12-4-2-3-9(13(12)15)8-5-6-11(16)10(14)7-8/h2-7,16H,1H3. The van der Waals surface area contributed by atoms with Gasteiger partial charge in [0.2, 0.25) is 0 Å². The van der Waals surface area contributed by atoms with Crippen LogP contribution in [-0.2, 0) is 0 Å². The van der Waals surface area contributed by atoms with Crippen LogP contribution in [0.3, 0.4) is 0 Å². The molecule has 88 valence electrons. The quantitative estimate of drug-likeness (QED) is 0.879. The van der Waals surface area contributed by atoms with Gasteiger partial charge in [0.15, 0.2) is 11.6 Å². The highest BCUT2D eigenvalue weighted by atomic mass is 35.5. The summed E-state index contributed by atoms with van der Waals surface area (Å²) in [4.78, 5) is 0. The number of benzene rings is 2. The Morgan fingerprint density at radius 2 is 2.00 bits per heavy atom. The Balaban J connectivity index is 2.56. The molecule has 0 saturated heterocycles. The number of phenols is 1. The van der Waals surface area contributed by atoms with Gasteiger partial charge >= 0.3 is 0 Å². The van der Waals surface area contributed by atoms with Gasteiger partial charge < -0.3 is 9.84 Å². The molecule has 1 N–H and O–H groups in total. The van der Waals surface area contributed by atoms with Crippen LogP contribution in [0, 0.1) is 5.82 Å². The van der Waals surface area contributed by atoms with Gasteiger partial charge in [-0.15, -0.1) is 0 Å². The average Bonchev–Trinajstić information content (AvgIpc) is 2.33. The van der Waals surface area contributed by atoms with Crippen LogP contribution in [0.15, 0.2) is 36.4 Å². The Hall–Kier alpha value is -1.74. The van der Waals surface area contributed by atoms with Gasteiger partial charge in [0, 0.05) is 5.56 Å². The van der Waals surface area contributed by atoms with Crippen molar-refractivity contribution in [3.63, 3.8) is 0 Å². The van der Waals surface area contributed by atoms with Crippen LogP contribution >= 0.6 is 11.6 Å². The van der Waals surface area contributed by atoms with E-state index in [2.05, 4.69) is 0 Å². The Kier molecular flexibility index (Phi) is 3.20. The van der Waals surface area contributed by atoms with Crippen molar-refractivity contribution in [2.75, 3.05) is 7.11 Å². The maximum Gasteiger partial charge on any atom is 0.172 e. The molecule has 0 bridgehead atoms. The van der Waals surface area contributed by atoms with E-state index in [4.69, 9.17) is 16.3 Å². The molecule has 0 aromatic heterocycles. The fourth-order valence-corrected chi connectivity index (χ4v) is 1.75. The van der Waals surface area contributed by atoms with E-state index < -0.39 is 5.82 Å². The monoisotopic (exact) mass is 252 g/mol. The van der Waals surface area contributed by atoms with E-state index in [1.807, 2.05) is 0 Å². The summed E-state index contributed by atoms with van der Waals surface area (Å²) >= 11 is 5.79. The fourth-order valence-electron chi connectivity index (χ4n) is 1.57.